The van der Waals surface area contributed by atoms with Gasteiger partial charge in [0, 0.05) is 12.7 Å². The maximum absolute atomic E-state index is 10.9. The van der Waals surface area contributed by atoms with Crippen LogP contribution in [0.1, 0.15) is 21.6 Å². The number of hydrogen-bond acceptors (Lipinski definition) is 3. The van der Waals surface area contributed by atoms with E-state index in [-0.39, 0.29) is 24.5 Å². The third-order valence-electron chi connectivity index (χ3n) is 2.45. The number of carbonyl (C=O) groups is 1. The summed E-state index contributed by atoms with van der Waals surface area (Å²) < 4.78 is 1.60. The van der Waals surface area contributed by atoms with Gasteiger partial charge in [-0.25, -0.2) is 4.79 Å². The predicted octanol–water partition coefficient (Wildman–Crippen LogP) is 1.51. The fourth-order valence-electron chi connectivity index (χ4n) is 1.64. The van der Waals surface area contributed by atoms with E-state index in [0.717, 1.165) is 5.56 Å². The highest BCUT2D eigenvalue weighted by molar-refractivity contribution is 5.88. The molecule has 3 N–H and O–H groups in total. The Balaban J connectivity index is 0.00000162. The van der Waals surface area contributed by atoms with E-state index in [1.54, 1.807) is 4.68 Å². The van der Waals surface area contributed by atoms with Crippen LogP contribution in [0.2, 0.25) is 0 Å². The van der Waals surface area contributed by atoms with Gasteiger partial charge in [-0.05, 0) is 5.56 Å². The second kappa shape index (κ2) is 6.18. The Morgan fingerprint density at radius 3 is 2.50 bits per heavy atom. The maximum Gasteiger partial charge on any atom is 0.339 e. The summed E-state index contributed by atoms with van der Waals surface area (Å²) in [5.41, 5.74) is 7.10. The highest BCUT2D eigenvalue weighted by atomic mass is 35.5. The van der Waals surface area contributed by atoms with E-state index in [2.05, 4.69) is 5.10 Å². The van der Waals surface area contributed by atoms with Crippen LogP contribution in [0.4, 0.5) is 0 Å². The first-order valence-electron chi connectivity index (χ1n) is 5.24. The first kappa shape index (κ1) is 14.2. The normalized spacial score (nSPS) is 9.83. The van der Waals surface area contributed by atoms with Crippen molar-refractivity contribution in [2.75, 3.05) is 0 Å². The topological polar surface area (TPSA) is 81.1 Å². The lowest BCUT2D eigenvalue weighted by Crippen LogP contribution is -2.05. The molecule has 2 aromatic rings. The van der Waals surface area contributed by atoms with Gasteiger partial charge in [-0.2, -0.15) is 5.10 Å². The molecule has 96 valence electrons. The molecular formula is C12H14ClN3O2. The first-order valence-corrected chi connectivity index (χ1v) is 5.24. The summed E-state index contributed by atoms with van der Waals surface area (Å²) in [7, 11) is 0. The second-order valence-corrected chi connectivity index (χ2v) is 3.68. The van der Waals surface area contributed by atoms with Gasteiger partial charge in [0.1, 0.15) is 5.56 Å². The maximum atomic E-state index is 10.9. The molecule has 0 unspecified atom stereocenters. The predicted molar refractivity (Wildman–Crippen MR) is 69.9 cm³/mol. The molecule has 0 saturated heterocycles. The first-order chi connectivity index (χ1) is 8.20. The zero-order valence-corrected chi connectivity index (χ0v) is 10.4. The molecular weight excluding hydrogens is 254 g/mol. The number of aromatic carboxylic acids is 1. The molecule has 0 spiro atoms. The number of halogens is 1. The summed E-state index contributed by atoms with van der Waals surface area (Å²) in [6, 6.07) is 9.72. The van der Waals surface area contributed by atoms with Gasteiger partial charge in [-0.3, -0.25) is 4.68 Å². The minimum atomic E-state index is -0.996. The van der Waals surface area contributed by atoms with E-state index < -0.39 is 5.97 Å². The Labute approximate surface area is 111 Å². The summed E-state index contributed by atoms with van der Waals surface area (Å²) in [5.74, 6) is -0.996. The lowest BCUT2D eigenvalue weighted by Gasteiger charge is -2.00. The van der Waals surface area contributed by atoms with Gasteiger partial charge in [0.25, 0.3) is 0 Å². The molecule has 0 saturated carbocycles. The Morgan fingerprint density at radius 2 is 2.00 bits per heavy atom. The van der Waals surface area contributed by atoms with Crippen molar-refractivity contribution in [1.82, 2.24) is 9.78 Å². The van der Waals surface area contributed by atoms with Crippen molar-refractivity contribution in [2.45, 2.75) is 13.1 Å². The van der Waals surface area contributed by atoms with Crippen molar-refractivity contribution < 1.29 is 9.90 Å². The van der Waals surface area contributed by atoms with E-state index in [1.165, 1.54) is 6.20 Å². The van der Waals surface area contributed by atoms with Gasteiger partial charge in [-0.1, -0.05) is 30.3 Å². The van der Waals surface area contributed by atoms with Crippen LogP contribution in [-0.4, -0.2) is 20.9 Å². The van der Waals surface area contributed by atoms with Gasteiger partial charge in [0.05, 0.1) is 12.2 Å². The molecule has 5 nitrogen and oxygen atoms in total. The zero-order valence-electron chi connectivity index (χ0n) is 9.61. The van der Waals surface area contributed by atoms with Crippen LogP contribution in [0.5, 0.6) is 0 Å². The van der Waals surface area contributed by atoms with Crippen molar-refractivity contribution in [3.8, 4) is 0 Å². The SMILES string of the molecule is Cl.NCc1nn(Cc2ccccc2)cc1C(=O)O. The lowest BCUT2D eigenvalue weighted by molar-refractivity contribution is 0.0695. The Kier molecular flexibility index (Phi) is 4.88. The largest absolute Gasteiger partial charge is 0.478 e. The number of nitrogens with zero attached hydrogens (tertiary/aromatic N) is 2. The molecule has 0 radical (unpaired) electrons. The van der Waals surface area contributed by atoms with E-state index in [0.29, 0.717) is 12.2 Å². The molecule has 0 atom stereocenters. The molecule has 0 fully saturated rings. The third kappa shape index (κ3) is 3.09. The Bertz CT molecular complexity index is 525. The zero-order chi connectivity index (χ0) is 12.3. The van der Waals surface area contributed by atoms with Gasteiger partial charge in [0.15, 0.2) is 0 Å². The molecule has 1 aromatic heterocycles. The number of aromatic nitrogens is 2. The van der Waals surface area contributed by atoms with Crippen LogP contribution in [0.25, 0.3) is 0 Å². The molecule has 1 aromatic carbocycles. The minimum Gasteiger partial charge on any atom is -0.478 e. The second-order valence-electron chi connectivity index (χ2n) is 3.68. The van der Waals surface area contributed by atoms with Crippen molar-refractivity contribution in [2.24, 2.45) is 5.73 Å². The molecule has 6 heteroatoms. The van der Waals surface area contributed by atoms with E-state index in [9.17, 15) is 4.79 Å². The number of carboxylic acids is 1. The number of rotatable bonds is 4. The summed E-state index contributed by atoms with van der Waals surface area (Å²) in [4.78, 5) is 10.9. The molecule has 1 heterocycles. The molecule has 0 aliphatic carbocycles. The van der Waals surface area contributed by atoms with Gasteiger partial charge < -0.3 is 10.8 Å². The monoisotopic (exact) mass is 267 g/mol. The summed E-state index contributed by atoms with van der Waals surface area (Å²) in [5, 5.41) is 13.1. The average molecular weight is 268 g/mol. The number of hydrogen-bond donors (Lipinski definition) is 2. The van der Waals surface area contributed by atoms with Crippen LogP contribution in [0.15, 0.2) is 36.5 Å². The highest BCUT2D eigenvalue weighted by Gasteiger charge is 2.13. The fraction of sp³-hybridized carbons (Fsp3) is 0.167. The van der Waals surface area contributed by atoms with Crippen LogP contribution in [-0.2, 0) is 13.1 Å². The smallest absolute Gasteiger partial charge is 0.339 e. The van der Waals surface area contributed by atoms with Crippen LogP contribution in [0.3, 0.4) is 0 Å². The molecule has 18 heavy (non-hydrogen) atoms. The minimum absolute atomic E-state index is 0. The Hall–Kier alpha value is -1.85. The molecule has 0 aliphatic heterocycles. The van der Waals surface area contributed by atoms with Crippen molar-refractivity contribution in [3.63, 3.8) is 0 Å². The standard InChI is InChI=1S/C12H13N3O2.ClH/c13-6-11-10(12(16)17)8-15(14-11)7-9-4-2-1-3-5-9;/h1-5,8H,6-7,13H2,(H,16,17);1H. The summed E-state index contributed by atoms with van der Waals surface area (Å²) in [6.07, 6.45) is 1.51. The number of benzene rings is 1. The summed E-state index contributed by atoms with van der Waals surface area (Å²) in [6.45, 7) is 0.671. The van der Waals surface area contributed by atoms with E-state index in [4.69, 9.17) is 10.8 Å². The van der Waals surface area contributed by atoms with Crippen molar-refractivity contribution >= 4 is 18.4 Å². The van der Waals surface area contributed by atoms with Crippen LogP contribution in [0, 0.1) is 0 Å². The summed E-state index contributed by atoms with van der Waals surface area (Å²) >= 11 is 0. The number of nitrogens with two attached hydrogens (primary N) is 1. The van der Waals surface area contributed by atoms with E-state index in [1.807, 2.05) is 30.3 Å². The highest BCUT2D eigenvalue weighted by Crippen LogP contribution is 2.08. The number of carboxylic acid groups (broad SMARTS) is 1. The lowest BCUT2D eigenvalue weighted by atomic mass is 10.2. The van der Waals surface area contributed by atoms with Gasteiger partial charge >= 0.3 is 5.97 Å². The van der Waals surface area contributed by atoms with Crippen molar-refractivity contribution in [3.05, 3.63) is 53.3 Å². The van der Waals surface area contributed by atoms with Crippen LogP contribution < -0.4 is 5.73 Å². The molecule has 0 bridgehead atoms. The molecule has 0 amide bonds. The van der Waals surface area contributed by atoms with Crippen molar-refractivity contribution in [1.29, 1.82) is 0 Å². The molecule has 0 aliphatic rings. The Morgan fingerprint density at radius 1 is 1.33 bits per heavy atom. The quantitative estimate of drug-likeness (QED) is 0.880. The van der Waals surface area contributed by atoms with Gasteiger partial charge in [0.2, 0.25) is 0 Å². The molecule has 2 rings (SSSR count). The fourth-order valence-corrected chi connectivity index (χ4v) is 1.64. The van der Waals surface area contributed by atoms with Gasteiger partial charge in [-0.15, -0.1) is 12.4 Å². The van der Waals surface area contributed by atoms with E-state index >= 15 is 0 Å². The third-order valence-corrected chi connectivity index (χ3v) is 2.45. The average Bonchev–Trinajstić information content (AvgIpc) is 2.73. The van der Waals surface area contributed by atoms with Crippen LogP contribution >= 0.6 is 12.4 Å².